The monoisotopic (exact) mass is 348 g/mol. The molecule has 0 bridgehead atoms. The highest BCUT2D eigenvalue weighted by Crippen LogP contribution is 2.27. The van der Waals surface area contributed by atoms with Gasteiger partial charge in [-0.2, -0.15) is 0 Å². The molecule has 3 rings (SSSR count). The van der Waals surface area contributed by atoms with Crippen LogP contribution in [0.4, 0.5) is 4.79 Å². The van der Waals surface area contributed by atoms with Crippen molar-refractivity contribution in [3.05, 3.63) is 57.2 Å². The predicted molar refractivity (Wildman–Crippen MR) is 96.2 cm³/mol. The summed E-state index contributed by atoms with van der Waals surface area (Å²) in [5, 5.41) is 5.83. The molecule has 1 aromatic carbocycles. The number of thiophene rings is 1. The summed E-state index contributed by atoms with van der Waals surface area (Å²) in [5.74, 6) is 0.391. The zero-order chi connectivity index (χ0) is 16.1. The molecular formula is C18H21ClN2OS. The molecular weight excluding hydrogens is 328 g/mol. The van der Waals surface area contributed by atoms with Gasteiger partial charge in [-0.05, 0) is 42.0 Å². The van der Waals surface area contributed by atoms with Crippen LogP contribution < -0.4 is 5.32 Å². The first-order chi connectivity index (χ1) is 11.2. The van der Waals surface area contributed by atoms with Crippen molar-refractivity contribution < 1.29 is 4.79 Å². The Labute approximate surface area is 146 Å². The minimum atomic E-state index is 0.0410. The van der Waals surface area contributed by atoms with Gasteiger partial charge in [0, 0.05) is 28.9 Å². The minimum absolute atomic E-state index is 0.0410. The molecule has 0 spiro atoms. The second-order valence-electron chi connectivity index (χ2n) is 5.93. The molecule has 2 heterocycles. The van der Waals surface area contributed by atoms with Gasteiger partial charge in [0.25, 0.3) is 0 Å². The summed E-state index contributed by atoms with van der Waals surface area (Å²) in [6.07, 6.45) is 3.34. The van der Waals surface area contributed by atoms with Crippen LogP contribution in [0.1, 0.15) is 35.6 Å². The van der Waals surface area contributed by atoms with Crippen LogP contribution in [0.5, 0.6) is 0 Å². The van der Waals surface area contributed by atoms with Crippen molar-refractivity contribution in [2.75, 3.05) is 13.1 Å². The van der Waals surface area contributed by atoms with Crippen molar-refractivity contribution in [2.45, 2.75) is 31.7 Å². The SMILES string of the molecule is O=C(NCc1cccs1)N1CCCCC(c2ccc(Cl)cc2)C1. The zero-order valence-corrected chi connectivity index (χ0v) is 14.6. The summed E-state index contributed by atoms with van der Waals surface area (Å²) >= 11 is 7.65. The van der Waals surface area contributed by atoms with Crippen LogP contribution in [0.2, 0.25) is 5.02 Å². The number of amides is 2. The summed E-state index contributed by atoms with van der Waals surface area (Å²) in [5.41, 5.74) is 1.27. The number of carbonyl (C=O) groups is 1. The number of nitrogens with one attached hydrogen (secondary N) is 1. The number of halogens is 1. The van der Waals surface area contributed by atoms with Crippen LogP contribution in [0.25, 0.3) is 0 Å². The minimum Gasteiger partial charge on any atom is -0.333 e. The van der Waals surface area contributed by atoms with Gasteiger partial charge >= 0.3 is 6.03 Å². The topological polar surface area (TPSA) is 32.3 Å². The van der Waals surface area contributed by atoms with Crippen LogP contribution in [-0.4, -0.2) is 24.0 Å². The van der Waals surface area contributed by atoms with Crippen molar-refractivity contribution in [3.8, 4) is 0 Å². The highest BCUT2D eigenvalue weighted by atomic mass is 35.5. The lowest BCUT2D eigenvalue weighted by molar-refractivity contribution is 0.197. The number of benzene rings is 1. The maximum Gasteiger partial charge on any atom is 0.317 e. The smallest absolute Gasteiger partial charge is 0.317 e. The van der Waals surface area contributed by atoms with Gasteiger partial charge in [0.2, 0.25) is 0 Å². The van der Waals surface area contributed by atoms with E-state index in [0.29, 0.717) is 12.5 Å². The fourth-order valence-electron chi connectivity index (χ4n) is 3.02. The van der Waals surface area contributed by atoms with E-state index < -0.39 is 0 Å². The first-order valence-electron chi connectivity index (χ1n) is 8.03. The molecule has 2 aromatic rings. The van der Waals surface area contributed by atoms with Gasteiger partial charge in [0.15, 0.2) is 0 Å². The third-order valence-electron chi connectivity index (χ3n) is 4.29. The van der Waals surface area contributed by atoms with Crippen molar-refractivity contribution in [1.29, 1.82) is 0 Å². The molecule has 23 heavy (non-hydrogen) atoms. The van der Waals surface area contributed by atoms with Gasteiger partial charge in [-0.3, -0.25) is 0 Å². The zero-order valence-electron chi connectivity index (χ0n) is 13.0. The Hall–Kier alpha value is -1.52. The Balaban J connectivity index is 1.62. The van der Waals surface area contributed by atoms with E-state index in [2.05, 4.69) is 17.4 Å². The molecule has 0 radical (unpaired) electrons. The van der Waals surface area contributed by atoms with Crippen LogP contribution in [0, 0.1) is 0 Å². The van der Waals surface area contributed by atoms with Crippen LogP contribution >= 0.6 is 22.9 Å². The van der Waals surface area contributed by atoms with Crippen LogP contribution in [0.3, 0.4) is 0 Å². The molecule has 0 aliphatic carbocycles. The molecule has 1 N–H and O–H groups in total. The highest BCUT2D eigenvalue weighted by Gasteiger charge is 2.23. The summed E-state index contributed by atoms with van der Waals surface area (Å²) in [6.45, 7) is 2.22. The lowest BCUT2D eigenvalue weighted by atomic mass is 9.94. The Morgan fingerprint density at radius 2 is 2.09 bits per heavy atom. The Bertz CT molecular complexity index is 627. The lowest BCUT2D eigenvalue weighted by Gasteiger charge is -2.25. The molecule has 2 amide bonds. The Morgan fingerprint density at radius 3 is 2.83 bits per heavy atom. The number of nitrogens with zero attached hydrogens (tertiary/aromatic N) is 1. The van der Waals surface area contributed by atoms with E-state index >= 15 is 0 Å². The van der Waals surface area contributed by atoms with E-state index in [9.17, 15) is 4.79 Å². The average molecular weight is 349 g/mol. The second kappa shape index (κ2) is 7.84. The van der Waals surface area contributed by atoms with Crippen LogP contribution in [-0.2, 0) is 6.54 Å². The van der Waals surface area contributed by atoms with Crippen molar-refractivity contribution >= 4 is 29.0 Å². The number of likely N-dealkylation sites (tertiary alicyclic amines) is 1. The summed E-state index contributed by atoms with van der Waals surface area (Å²) in [7, 11) is 0. The Kier molecular flexibility index (Phi) is 5.57. The molecule has 0 saturated carbocycles. The molecule has 1 unspecified atom stereocenters. The number of hydrogen-bond acceptors (Lipinski definition) is 2. The molecule has 122 valence electrons. The maximum atomic E-state index is 12.5. The van der Waals surface area contributed by atoms with E-state index in [1.165, 1.54) is 10.4 Å². The first kappa shape index (κ1) is 16.3. The molecule has 1 fully saturated rings. The van der Waals surface area contributed by atoms with E-state index in [4.69, 9.17) is 11.6 Å². The van der Waals surface area contributed by atoms with Crippen molar-refractivity contribution in [3.63, 3.8) is 0 Å². The van der Waals surface area contributed by atoms with Gasteiger partial charge in [-0.1, -0.05) is 36.2 Å². The molecule has 1 aliphatic rings. The van der Waals surface area contributed by atoms with Gasteiger partial charge in [0.05, 0.1) is 6.54 Å². The Morgan fingerprint density at radius 1 is 1.26 bits per heavy atom. The van der Waals surface area contributed by atoms with E-state index in [-0.39, 0.29) is 6.03 Å². The normalized spacial score (nSPS) is 18.5. The molecule has 1 aromatic heterocycles. The van der Waals surface area contributed by atoms with Crippen LogP contribution in [0.15, 0.2) is 41.8 Å². The van der Waals surface area contributed by atoms with E-state index in [0.717, 1.165) is 37.4 Å². The number of rotatable bonds is 3. The maximum absolute atomic E-state index is 12.5. The molecule has 3 nitrogen and oxygen atoms in total. The van der Waals surface area contributed by atoms with Gasteiger partial charge in [-0.15, -0.1) is 11.3 Å². The lowest BCUT2D eigenvalue weighted by Crippen LogP contribution is -2.41. The molecule has 1 aliphatic heterocycles. The van der Waals surface area contributed by atoms with Gasteiger partial charge < -0.3 is 10.2 Å². The van der Waals surface area contributed by atoms with Crippen molar-refractivity contribution in [2.24, 2.45) is 0 Å². The summed E-state index contributed by atoms with van der Waals surface area (Å²) < 4.78 is 0. The first-order valence-corrected chi connectivity index (χ1v) is 9.29. The molecule has 1 saturated heterocycles. The standard InChI is InChI=1S/C18H21ClN2OS/c19-16-8-6-14(7-9-16)15-4-1-2-10-21(13-15)18(22)20-12-17-5-3-11-23-17/h3,5-9,11,15H,1-2,4,10,12-13H2,(H,20,22). The quantitative estimate of drug-likeness (QED) is 0.842. The largest absolute Gasteiger partial charge is 0.333 e. The fraction of sp³-hybridized carbons (Fsp3) is 0.389. The van der Waals surface area contributed by atoms with Gasteiger partial charge in [-0.25, -0.2) is 4.79 Å². The summed E-state index contributed by atoms with van der Waals surface area (Å²) in [6, 6.07) is 12.1. The second-order valence-corrected chi connectivity index (χ2v) is 7.40. The van der Waals surface area contributed by atoms with Crippen molar-refractivity contribution in [1.82, 2.24) is 10.2 Å². The molecule has 1 atom stereocenters. The number of carbonyl (C=O) groups excluding carboxylic acids is 1. The highest BCUT2D eigenvalue weighted by molar-refractivity contribution is 7.09. The summed E-state index contributed by atoms with van der Waals surface area (Å²) in [4.78, 5) is 15.6. The average Bonchev–Trinajstić information content (AvgIpc) is 2.96. The van der Waals surface area contributed by atoms with E-state index in [1.807, 2.05) is 34.5 Å². The number of hydrogen-bond donors (Lipinski definition) is 1. The van der Waals surface area contributed by atoms with Gasteiger partial charge in [0.1, 0.15) is 0 Å². The third kappa shape index (κ3) is 4.49. The van der Waals surface area contributed by atoms with E-state index in [1.54, 1.807) is 11.3 Å². The third-order valence-corrected chi connectivity index (χ3v) is 5.42. The predicted octanol–water partition coefficient (Wildman–Crippen LogP) is 4.88. The number of urea groups is 1. The molecule has 5 heteroatoms. The fourth-order valence-corrected chi connectivity index (χ4v) is 3.79.